The highest BCUT2D eigenvalue weighted by Gasteiger charge is 2.30. The second kappa shape index (κ2) is 6.79. The second-order valence-electron chi connectivity index (χ2n) is 4.75. The third kappa shape index (κ3) is 3.98. The van der Waals surface area contributed by atoms with E-state index in [2.05, 4.69) is 10.9 Å². The third-order valence-corrected chi connectivity index (χ3v) is 3.76. The molecule has 3 nitrogen and oxygen atoms in total. The number of hydrogen-bond donors (Lipinski definition) is 2. The van der Waals surface area contributed by atoms with Crippen LogP contribution in [0, 0.1) is 0 Å². The van der Waals surface area contributed by atoms with E-state index >= 15 is 0 Å². The van der Waals surface area contributed by atoms with E-state index in [9.17, 15) is 13.6 Å². The average molecular weight is 322 g/mol. The van der Waals surface area contributed by atoms with Crippen LogP contribution < -0.4 is 10.9 Å². The van der Waals surface area contributed by atoms with Crippen molar-refractivity contribution in [3.05, 3.63) is 59.7 Å². The molecule has 6 heteroatoms. The van der Waals surface area contributed by atoms with E-state index in [0.717, 1.165) is 6.92 Å². The van der Waals surface area contributed by atoms with Gasteiger partial charge < -0.3 is 0 Å². The monoisotopic (exact) mass is 322 g/mol. The highest BCUT2D eigenvalue weighted by Crippen LogP contribution is 2.32. The Hall–Kier alpha value is -2.08. The van der Waals surface area contributed by atoms with E-state index in [-0.39, 0.29) is 11.1 Å². The van der Waals surface area contributed by atoms with Crippen LogP contribution in [0.2, 0.25) is 0 Å². The number of anilines is 1. The molecule has 0 aliphatic carbocycles. The Morgan fingerprint density at radius 3 is 2.41 bits per heavy atom. The Morgan fingerprint density at radius 1 is 1.14 bits per heavy atom. The number of thioether (sulfide) groups is 1. The van der Waals surface area contributed by atoms with Crippen molar-refractivity contribution in [1.82, 2.24) is 5.43 Å². The molecule has 0 radical (unpaired) electrons. The number of benzene rings is 2. The Morgan fingerprint density at radius 2 is 1.82 bits per heavy atom. The number of para-hydroxylation sites is 1. The molecular weight excluding hydrogens is 306 g/mol. The van der Waals surface area contributed by atoms with Crippen LogP contribution in [-0.4, -0.2) is 12.2 Å². The molecule has 2 aromatic rings. The maximum absolute atomic E-state index is 13.7. The van der Waals surface area contributed by atoms with Crippen LogP contribution in [0.3, 0.4) is 0 Å². The molecule has 22 heavy (non-hydrogen) atoms. The molecule has 1 amide bonds. The summed E-state index contributed by atoms with van der Waals surface area (Å²) in [4.78, 5) is 12.9. The van der Waals surface area contributed by atoms with Gasteiger partial charge in [-0.05, 0) is 36.6 Å². The van der Waals surface area contributed by atoms with Gasteiger partial charge in [-0.15, -0.1) is 11.8 Å². The summed E-state index contributed by atoms with van der Waals surface area (Å²) in [5.74, 6) is -3.70. The lowest BCUT2D eigenvalue weighted by molar-refractivity contribution is 0.0161. The van der Waals surface area contributed by atoms with Crippen molar-refractivity contribution in [2.45, 2.75) is 17.7 Å². The van der Waals surface area contributed by atoms with Gasteiger partial charge in [-0.1, -0.05) is 18.2 Å². The molecule has 116 valence electrons. The summed E-state index contributed by atoms with van der Waals surface area (Å²) in [7, 11) is 0. The molecule has 0 spiro atoms. The van der Waals surface area contributed by atoms with Gasteiger partial charge in [0.15, 0.2) is 0 Å². The lowest BCUT2D eigenvalue weighted by Gasteiger charge is -2.17. The number of hydrogen-bond acceptors (Lipinski definition) is 3. The third-order valence-electron chi connectivity index (χ3n) is 3.04. The minimum Gasteiger partial charge on any atom is -0.298 e. The predicted octanol–water partition coefficient (Wildman–Crippen LogP) is 4.28. The first-order valence-corrected chi connectivity index (χ1v) is 7.82. The molecule has 0 aromatic heterocycles. The van der Waals surface area contributed by atoms with Crippen molar-refractivity contribution >= 4 is 23.4 Å². The summed E-state index contributed by atoms with van der Waals surface area (Å²) >= 11 is 1.35. The normalized spacial score (nSPS) is 11.1. The second-order valence-corrected chi connectivity index (χ2v) is 5.62. The summed E-state index contributed by atoms with van der Waals surface area (Å²) in [5.41, 5.74) is 5.47. The Kier molecular flexibility index (Phi) is 5.03. The van der Waals surface area contributed by atoms with Gasteiger partial charge in [-0.2, -0.15) is 0 Å². The fourth-order valence-corrected chi connectivity index (χ4v) is 2.37. The number of carbonyl (C=O) groups is 1. The fraction of sp³-hybridized carbons (Fsp3) is 0.188. The Balaban J connectivity index is 2.22. The number of nitrogens with one attached hydrogen (secondary N) is 2. The molecule has 2 aromatic carbocycles. The number of alkyl halides is 2. The van der Waals surface area contributed by atoms with E-state index in [4.69, 9.17) is 0 Å². The predicted molar refractivity (Wildman–Crippen MR) is 85.3 cm³/mol. The van der Waals surface area contributed by atoms with E-state index in [0.29, 0.717) is 10.6 Å². The molecule has 0 saturated carbocycles. The van der Waals surface area contributed by atoms with Gasteiger partial charge in [0.1, 0.15) is 0 Å². The van der Waals surface area contributed by atoms with Crippen LogP contribution in [0.5, 0.6) is 0 Å². The average Bonchev–Trinajstić information content (AvgIpc) is 2.52. The lowest BCUT2D eigenvalue weighted by Crippen LogP contribution is -2.31. The van der Waals surface area contributed by atoms with Gasteiger partial charge in [-0.25, -0.2) is 8.78 Å². The summed E-state index contributed by atoms with van der Waals surface area (Å²) in [5, 5.41) is 0. The van der Waals surface area contributed by atoms with Crippen LogP contribution in [-0.2, 0) is 5.92 Å². The van der Waals surface area contributed by atoms with Crippen LogP contribution in [0.15, 0.2) is 53.4 Å². The van der Waals surface area contributed by atoms with Crippen molar-refractivity contribution in [2.24, 2.45) is 0 Å². The van der Waals surface area contributed by atoms with E-state index in [1.807, 2.05) is 6.07 Å². The molecule has 0 fully saturated rings. The fourth-order valence-electron chi connectivity index (χ4n) is 1.93. The lowest BCUT2D eigenvalue weighted by atomic mass is 10.0. The topological polar surface area (TPSA) is 41.1 Å². The summed E-state index contributed by atoms with van der Waals surface area (Å²) in [6.07, 6.45) is 1.80. The zero-order valence-electron chi connectivity index (χ0n) is 12.2. The molecule has 0 heterocycles. The van der Waals surface area contributed by atoms with E-state index in [1.54, 1.807) is 36.6 Å². The van der Waals surface area contributed by atoms with Crippen molar-refractivity contribution in [3.8, 4) is 0 Å². The SMILES string of the molecule is CSc1ccc(C(=O)NNc2ccccc2)c(C(C)(F)F)c1. The molecule has 2 N–H and O–H groups in total. The van der Waals surface area contributed by atoms with Crippen molar-refractivity contribution in [3.63, 3.8) is 0 Å². The first kappa shape index (κ1) is 16.3. The molecule has 0 unspecified atom stereocenters. The highest BCUT2D eigenvalue weighted by molar-refractivity contribution is 7.98. The number of halogens is 2. The first-order valence-electron chi connectivity index (χ1n) is 6.59. The van der Waals surface area contributed by atoms with Gasteiger partial charge in [0.2, 0.25) is 0 Å². The molecule has 0 aliphatic rings. The van der Waals surface area contributed by atoms with Crippen LogP contribution in [0.25, 0.3) is 0 Å². The molecule has 0 saturated heterocycles. The van der Waals surface area contributed by atoms with Crippen LogP contribution in [0.1, 0.15) is 22.8 Å². The summed E-state index contributed by atoms with van der Waals surface area (Å²) in [6, 6.07) is 13.4. The van der Waals surface area contributed by atoms with Crippen LogP contribution in [0.4, 0.5) is 14.5 Å². The van der Waals surface area contributed by atoms with Gasteiger partial charge in [0, 0.05) is 17.4 Å². The van der Waals surface area contributed by atoms with Gasteiger partial charge in [0.25, 0.3) is 11.8 Å². The minimum atomic E-state index is -3.09. The molecule has 2 rings (SSSR count). The molecule has 0 bridgehead atoms. The van der Waals surface area contributed by atoms with Crippen molar-refractivity contribution in [2.75, 3.05) is 11.7 Å². The van der Waals surface area contributed by atoms with Gasteiger partial charge in [0.05, 0.1) is 11.3 Å². The van der Waals surface area contributed by atoms with E-state index in [1.165, 1.54) is 23.9 Å². The number of amides is 1. The minimum absolute atomic E-state index is 0.0475. The Labute approximate surface area is 132 Å². The molecular formula is C16H16F2N2OS. The Bertz CT molecular complexity index is 657. The van der Waals surface area contributed by atoms with Crippen molar-refractivity contribution in [1.29, 1.82) is 0 Å². The zero-order valence-corrected chi connectivity index (χ0v) is 13.0. The van der Waals surface area contributed by atoms with Crippen molar-refractivity contribution < 1.29 is 13.6 Å². The maximum atomic E-state index is 13.7. The van der Waals surface area contributed by atoms with Gasteiger partial charge >= 0.3 is 0 Å². The smallest absolute Gasteiger partial charge is 0.271 e. The van der Waals surface area contributed by atoms with Gasteiger partial charge in [-0.3, -0.25) is 15.6 Å². The highest BCUT2D eigenvalue weighted by atomic mass is 32.2. The van der Waals surface area contributed by atoms with E-state index < -0.39 is 11.8 Å². The number of rotatable bonds is 5. The standard InChI is InChI=1S/C16H16F2N2OS/c1-16(17,18)14-10-12(22-2)8-9-13(14)15(21)20-19-11-6-4-3-5-7-11/h3-10,19H,1-2H3,(H,20,21). The zero-order chi connectivity index (χ0) is 16.2. The quantitative estimate of drug-likeness (QED) is 0.638. The maximum Gasteiger partial charge on any atom is 0.271 e. The first-order chi connectivity index (χ1) is 10.4. The van der Waals surface area contributed by atoms with Crippen LogP contribution >= 0.6 is 11.8 Å². The summed E-state index contributed by atoms with van der Waals surface area (Å²) in [6.45, 7) is 0.786. The summed E-state index contributed by atoms with van der Waals surface area (Å²) < 4.78 is 27.5. The largest absolute Gasteiger partial charge is 0.298 e. The molecule has 0 aliphatic heterocycles. The molecule has 0 atom stereocenters. The number of carbonyl (C=O) groups excluding carboxylic acids is 1. The number of hydrazine groups is 1.